The van der Waals surface area contributed by atoms with Gasteiger partial charge >= 0.3 is 0 Å². The fourth-order valence-electron chi connectivity index (χ4n) is 4.26. The first-order valence-corrected chi connectivity index (χ1v) is 7.22. The molecule has 2 N–H and O–H groups in total. The molecule has 0 unspecified atom stereocenters. The highest BCUT2D eigenvalue weighted by atomic mass is 16.3. The van der Waals surface area contributed by atoms with Crippen LogP contribution in [0.3, 0.4) is 0 Å². The normalized spacial score (nSPS) is 46.0. The topological polar surface area (TPSA) is 57.5 Å². The van der Waals surface area contributed by atoms with Crippen LogP contribution in [0, 0.1) is 17.3 Å². The molecule has 0 aromatic heterocycles. The summed E-state index contributed by atoms with van der Waals surface area (Å²) in [5.74, 6) is 0.972. The van der Waals surface area contributed by atoms with E-state index >= 15 is 0 Å². The first-order chi connectivity index (χ1) is 8.92. The van der Waals surface area contributed by atoms with Crippen molar-refractivity contribution in [1.29, 1.82) is 0 Å². The fraction of sp³-hybridized carbons (Fsp3) is 0.688. The van der Waals surface area contributed by atoms with E-state index < -0.39 is 12.2 Å². The van der Waals surface area contributed by atoms with Gasteiger partial charge in [0.15, 0.2) is 5.78 Å². The number of aliphatic hydroxyl groups excluding tert-OH is 2. The average molecular weight is 262 g/mol. The number of fused-ring (bicyclic) bond motifs is 3. The second-order valence-electron chi connectivity index (χ2n) is 6.67. The summed E-state index contributed by atoms with van der Waals surface area (Å²) >= 11 is 0. The lowest BCUT2D eigenvalue weighted by Crippen LogP contribution is -2.49. The van der Waals surface area contributed by atoms with Gasteiger partial charge in [0, 0.05) is 6.42 Å². The van der Waals surface area contributed by atoms with Crippen LogP contribution in [0.2, 0.25) is 0 Å². The first kappa shape index (κ1) is 13.1. The van der Waals surface area contributed by atoms with Crippen molar-refractivity contribution in [2.45, 2.75) is 51.7 Å². The zero-order valence-electron chi connectivity index (χ0n) is 11.6. The third-order valence-corrected chi connectivity index (χ3v) is 5.50. The maximum absolute atomic E-state index is 11.8. The summed E-state index contributed by atoms with van der Waals surface area (Å²) in [6.45, 7) is 4.09. The molecule has 3 aliphatic rings. The highest BCUT2D eigenvalue weighted by Gasteiger charge is 2.49. The molecule has 0 aliphatic heterocycles. The van der Waals surface area contributed by atoms with Gasteiger partial charge in [0.25, 0.3) is 0 Å². The van der Waals surface area contributed by atoms with E-state index in [2.05, 4.69) is 19.1 Å². The fourth-order valence-corrected chi connectivity index (χ4v) is 4.26. The molecule has 1 saturated carbocycles. The Morgan fingerprint density at radius 2 is 2.05 bits per heavy atom. The van der Waals surface area contributed by atoms with Gasteiger partial charge in [-0.2, -0.15) is 0 Å². The van der Waals surface area contributed by atoms with Crippen molar-refractivity contribution in [3.05, 3.63) is 23.3 Å². The van der Waals surface area contributed by atoms with Crippen molar-refractivity contribution in [2.24, 2.45) is 17.3 Å². The number of Topliss-reactive ketones (excluding diaryl/α,β-unsaturated/α-hetero) is 1. The molecular weight excluding hydrogens is 240 g/mol. The standard InChI is InChI=1S/C16H22O3/c1-9-10-5-6-16(2)8-15(19)14(18)7-12(16)11(10)3-4-13(9)17/h5-6,11-12,14-15,18-19H,3-4,7-8H2,1-2H3/t11-,12-,14+,15-,16+/m0/s1. The molecule has 0 aromatic carbocycles. The van der Waals surface area contributed by atoms with Crippen LogP contribution in [0.25, 0.3) is 0 Å². The first-order valence-electron chi connectivity index (χ1n) is 7.22. The van der Waals surface area contributed by atoms with Crippen molar-refractivity contribution in [3.8, 4) is 0 Å². The summed E-state index contributed by atoms with van der Waals surface area (Å²) in [4.78, 5) is 11.8. The Labute approximate surface area is 114 Å². The van der Waals surface area contributed by atoms with Gasteiger partial charge in [-0.25, -0.2) is 0 Å². The lowest BCUT2D eigenvalue weighted by molar-refractivity contribution is -0.117. The summed E-state index contributed by atoms with van der Waals surface area (Å²) < 4.78 is 0. The van der Waals surface area contributed by atoms with Crippen LogP contribution < -0.4 is 0 Å². The number of hydrogen-bond donors (Lipinski definition) is 2. The predicted octanol–water partition coefficient (Wildman–Crippen LogP) is 1.99. The number of hydrogen-bond acceptors (Lipinski definition) is 3. The van der Waals surface area contributed by atoms with Gasteiger partial charge < -0.3 is 10.2 Å². The third kappa shape index (κ3) is 1.91. The smallest absolute Gasteiger partial charge is 0.158 e. The minimum absolute atomic E-state index is 0.0481. The van der Waals surface area contributed by atoms with Crippen LogP contribution in [0.15, 0.2) is 23.3 Å². The number of ketones is 1. The Morgan fingerprint density at radius 1 is 1.32 bits per heavy atom. The van der Waals surface area contributed by atoms with E-state index in [4.69, 9.17) is 0 Å². The Morgan fingerprint density at radius 3 is 2.79 bits per heavy atom. The molecule has 0 spiro atoms. The molecule has 0 saturated heterocycles. The van der Waals surface area contributed by atoms with Gasteiger partial charge in [-0.1, -0.05) is 19.1 Å². The molecule has 3 aliphatic carbocycles. The molecule has 1 fully saturated rings. The summed E-state index contributed by atoms with van der Waals surface area (Å²) in [6, 6.07) is 0. The van der Waals surface area contributed by atoms with E-state index in [0.29, 0.717) is 31.1 Å². The number of allylic oxidation sites excluding steroid dienone is 4. The van der Waals surface area contributed by atoms with Crippen LogP contribution >= 0.6 is 0 Å². The predicted molar refractivity (Wildman–Crippen MR) is 72.4 cm³/mol. The van der Waals surface area contributed by atoms with E-state index in [-0.39, 0.29) is 11.2 Å². The Balaban J connectivity index is 2.03. The van der Waals surface area contributed by atoms with E-state index in [1.807, 2.05) is 6.92 Å². The SMILES string of the molecule is CC1=C2C=C[C@]3(C)C[C@H](O)[C@H](O)C[C@H]3[C@H]2CCC1=O. The molecule has 3 heteroatoms. The maximum atomic E-state index is 11.8. The molecule has 0 heterocycles. The summed E-state index contributed by atoms with van der Waals surface area (Å²) in [7, 11) is 0. The lowest BCUT2D eigenvalue weighted by atomic mass is 9.55. The Bertz CT molecular complexity index is 476. The van der Waals surface area contributed by atoms with E-state index in [1.54, 1.807) is 0 Å². The number of rotatable bonds is 0. The van der Waals surface area contributed by atoms with Crippen molar-refractivity contribution >= 4 is 5.78 Å². The average Bonchev–Trinajstić information content (AvgIpc) is 2.36. The minimum Gasteiger partial charge on any atom is -0.390 e. The highest BCUT2D eigenvalue weighted by Crippen LogP contribution is 2.53. The van der Waals surface area contributed by atoms with Gasteiger partial charge in [0.05, 0.1) is 12.2 Å². The molecule has 0 radical (unpaired) electrons. The Kier molecular flexibility index (Phi) is 2.95. The molecular formula is C16H22O3. The third-order valence-electron chi connectivity index (χ3n) is 5.50. The quantitative estimate of drug-likeness (QED) is 0.702. The van der Waals surface area contributed by atoms with Crippen molar-refractivity contribution in [3.63, 3.8) is 0 Å². The number of aliphatic hydroxyl groups is 2. The zero-order valence-corrected chi connectivity index (χ0v) is 11.6. The van der Waals surface area contributed by atoms with Crippen molar-refractivity contribution in [1.82, 2.24) is 0 Å². The molecule has 5 atom stereocenters. The summed E-state index contributed by atoms with van der Waals surface area (Å²) in [5, 5.41) is 19.9. The molecule has 19 heavy (non-hydrogen) atoms. The Hall–Kier alpha value is -0.930. The van der Waals surface area contributed by atoms with Crippen molar-refractivity contribution < 1.29 is 15.0 Å². The van der Waals surface area contributed by atoms with Crippen molar-refractivity contribution in [2.75, 3.05) is 0 Å². The molecule has 0 bridgehead atoms. The second-order valence-corrected chi connectivity index (χ2v) is 6.67. The maximum Gasteiger partial charge on any atom is 0.158 e. The van der Waals surface area contributed by atoms with Crippen LogP contribution in [-0.2, 0) is 4.79 Å². The van der Waals surface area contributed by atoms with Gasteiger partial charge in [-0.15, -0.1) is 0 Å². The van der Waals surface area contributed by atoms with Crippen LogP contribution in [0.5, 0.6) is 0 Å². The van der Waals surface area contributed by atoms with Gasteiger partial charge in [0.1, 0.15) is 0 Å². The zero-order chi connectivity index (χ0) is 13.8. The van der Waals surface area contributed by atoms with Crippen LogP contribution in [0.4, 0.5) is 0 Å². The number of carbonyl (C=O) groups is 1. The van der Waals surface area contributed by atoms with E-state index in [9.17, 15) is 15.0 Å². The second kappa shape index (κ2) is 4.29. The monoisotopic (exact) mass is 262 g/mol. The van der Waals surface area contributed by atoms with Gasteiger partial charge in [0.2, 0.25) is 0 Å². The van der Waals surface area contributed by atoms with Crippen LogP contribution in [-0.4, -0.2) is 28.2 Å². The molecule has 104 valence electrons. The minimum atomic E-state index is -0.622. The summed E-state index contributed by atoms with van der Waals surface area (Å²) in [5.41, 5.74) is 2.02. The largest absolute Gasteiger partial charge is 0.390 e. The summed E-state index contributed by atoms with van der Waals surface area (Å²) in [6.07, 6.45) is 5.77. The lowest BCUT2D eigenvalue weighted by Gasteiger charge is -2.51. The van der Waals surface area contributed by atoms with Gasteiger partial charge in [-0.05, 0) is 54.6 Å². The molecule has 3 nitrogen and oxygen atoms in total. The van der Waals surface area contributed by atoms with E-state index in [0.717, 1.165) is 12.0 Å². The van der Waals surface area contributed by atoms with Crippen LogP contribution in [0.1, 0.15) is 39.5 Å². The molecule has 0 amide bonds. The molecule has 0 aromatic rings. The highest BCUT2D eigenvalue weighted by molar-refractivity contribution is 5.97. The van der Waals surface area contributed by atoms with E-state index in [1.165, 1.54) is 5.57 Å². The van der Waals surface area contributed by atoms with Gasteiger partial charge in [-0.3, -0.25) is 4.79 Å². The number of carbonyl (C=O) groups excluding carboxylic acids is 1. The molecule has 3 rings (SSSR count).